The van der Waals surface area contributed by atoms with Gasteiger partial charge < -0.3 is 14.8 Å². The molecule has 0 aliphatic carbocycles. The van der Waals surface area contributed by atoms with Gasteiger partial charge in [-0.2, -0.15) is 4.98 Å². The van der Waals surface area contributed by atoms with E-state index in [1.165, 1.54) is 0 Å². The summed E-state index contributed by atoms with van der Waals surface area (Å²) in [5.74, 6) is 3.17. The van der Waals surface area contributed by atoms with Gasteiger partial charge in [-0.05, 0) is 33.8 Å². The van der Waals surface area contributed by atoms with Gasteiger partial charge in [-0.15, -0.1) is 0 Å². The third-order valence-corrected chi connectivity index (χ3v) is 6.15. The Labute approximate surface area is 134 Å². The maximum Gasteiger partial charge on any atom is 0.351 e. The monoisotopic (exact) mass is 329 g/mol. The van der Waals surface area contributed by atoms with E-state index in [0.29, 0.717) is 11.8 Å². The number of nitrogens with one attached hydrogen (secondary N) is 1. The van der Waals surface area contributed by atoms with Crippen LogP contribution in [0.1, 0.15) is 33.9 Å². The number of hydrogen-bond donors (Lipinski definition) is 2. The highest BCUT2D eigenvalue weighted by atomic mass is 32.2. The zero-order valence-corrected chi connectivity index (χ0v) is 14.9. The van der Waals surface area contributed by atoms with Crippen LogP contribution in [0.15, 0.2) is 17.1 Å². The molecule has 7 heteroatoms. The van der Waals surface area contributed by atoms with Crippen molar-refractivity contribution in [3.63, 3.8) is 0 Å². The SMILES string of the molecule is COC(C)(C)C[SH]1CO[C@H](n2ccc(NC(C)C)nc2=O)C1. The lowest BCUT2D eigenvalue weighted by atomic mass is 10.2. The third kappa shape index (κ3) is 4.47. The smallest absolute Gasteiger partial charge is 0.351 e. The molecule has 22 heavy (non-hydrogen) atoms. The first-order valence-electron chi connectivity index (χ1n) is 7.55. The second kappa shape index (κ2) is 7.02. The molecule has 0 radical (unpaired) electrons. The molecule has 1 fully saturated rings. The Morgan fingerprint density at radius 1 is 1.59 bits per heavy atom. The molecule has 2 rings (SSSR count). The van der Waals surface area contributed by atoms with Crippen LogP contribution in [-0.4, -0.2) is 45.7 Å². The van der Waals surface area contributed by atoms with Crippen molar-refractivity contribution in [2.24, 2.45) is 0 Å². The van der Waals surface area contributed by atoms with Crippen LogP contribution in [0.2, 0.25) is 0 Å². The van der Waals surface area contributed by atoms with Gasteiger partial charge in [0.15, 0.2) is 0 Å². The summed E-state index contributed by atoms with van der Waals surface area (Å²) in [5, 5.41) is 3.13. The predicted octanol–water partition coefficient (Wildman–Crippen LogP) is 1.98. The van der Waals surface area contributed by atoms with Gasteiger partial charge in [-0.1, -0.05) is 0 Å². The fraction of sp³-hybridized carbons (Fsp3) is 0.733. The van der Waals surface area contributed by atoms with Crippen LogP contribution in [0.5, 0.6) is 0 Å². The molecule has 0 amide bonds. The van der Waals surface area contributed by atoms with Gasteiger partial charge in [-0.25, -0.2) is 15.7 Å². The fourth-order valence-corrected chi connectivity index (χ4v) is 5.05. The van der Waals surface area contributed by atoms with E-state index in [4.69, 9.17) is 9.47 Å². The van der Waals surface area contributed by atoms with E-state index in [0.717, 1.165) is 11.5 Å². The zero-order chi connectivity index (χ0) is 16.3. The average molecular weight is 329 g/mol. The van der Waals surface area contributed by atoms with Crippen molar-refractivity contribution >= 4 is 16.7 Å². The average Bonchev–Trinajstić information content (AvgIpc) is 2.85. The highest BCUT2D eigenvalue weighted by molar-refractivity contribution is 8.17. The molecule has 1 N–H and O–H groups in total. The van der Waals surface area contributed by atoms with Crippen molar-refractivity contribution in [1.29, 1.82) is 0 Å². The van der Waals surface area contributed by atoms with Crippen molar-refractivity contribution < 1.29 is 9.47 Å². The largest absolute Gasteiger partial charge is 0.378 e. The number of methoxy groups -OCH3 is 1. The second-order valence-electron chi connectivity index (χ2n) is 6.53. The summed E-state index contributed by atoms with van der Waals surface area (Å²) in [5.41, 5.74) is -0.406. The van der Waals surface area contributed by atoms with Gasteiger partial charge in [-0.3, -0.25) is 4.57 Å². The number of thiol groups is 1. The van der Waals surface area contributed by atoms with Gasteiger partial charge in [0.1, 0.15) is 12.0 Å². The lowest BCUT2D eigenvalue weighted by molar-refractivity contribution is 0.0433. The first-order chi connectivity index (χ1) is 10.3. The van der Waals surface area contributed by atoms with Crippen LogP contribution in [0.4, 0.5) is 5.82 Å². The molecule has 0 spiro atoms. The first kappa shape index (κ1) is 17.3. The standard InChI is InChI=1S/C15H27N3O3S/c1-11(2)16-12-6-7-18(14(19)17-12)13-8-22(10-21-13)9-15(3,4)20-5/h6-7,11,13,22H,8-10H2,1-5H3,(H,16,17,19)/t13-/m0/s1. The van der Waals surface area contributed by atoms with E-state index < -0.39 is 0 Å². The Morgan fingerprint density at radius 2 is 2.32 bits per heavy atom. The predicted molar refractivity (Wildman–Crippen MR) is 92.1 cm³/mol. The molecule has 1 aliphatic rings. The van der Waals surface area contributed by atoms with Gasteiger partial charge in [0.25, 0.3) is 0 Å². The van der Waals surface area contributed by atoms with Crippen molar-refractivity contribution in [1.82, 2.24) is 9.55 Å². The lowest BCUT2D eigenvalue weighted by Crippen LogP contribution is -2.30. The number of anilines is 1. The highest BCUT2D eigenvalue weighted by Gasteiger charge is 2.29. The molecule has 2 heterocycles. The van der Waals surface area contributed by atoms with Crippen molar-refractivity contribution in [3.05, 3.63) is 22.7 Å². The molecular formula is C15H27N3O3S. The number of ether oxygens (including phenoxy) is 2. The van der Waals surface area contributed by atoms with Gasteiger partial charge in [0, 0.05) is 30.9 Å². The molecule has 0 aromatic carbocycles. The van der Waals surface area contributed by atoms with E-state index in [1.54, 1.807) is 17.9 Å². The topological polar surface area (TPSA) is 65.4 Å². The molecule has 1 aromatic rings. The molecule has 1 unspecified atom stereocenters. The number of rotatable bonds is 6. The quantitative estimate of drug-likeness (QED) is 0.781. The molecule has 1 aliphatic heterocycles. The van der Waals surface area contributed by atoms with Crippen molar-refractivity contribution in [2.45, 2.75) is 45.6 Å². The first-order valence-corrected chi connectivity index (χ1v) is 9.45. The van der Waals surface area contributed by atoms with Crippen LogP contribution in [0.25, 0.3) is 0 Å². The third-order valence-electron chi connectivity index (χ3n) is 3.60. The minimum Gasteiger partial charge on any atom is -0.378 e. The minimum atomic E-state index is -0.286. The summed E-state index contributed by atoms with van der Waals surface area (Å²) in [7, 11) is 1.45. The molecule has 0 saturated carbocycles. The molecule has 0 bridgehead atoms. The Balaban J connectivity index is 2.03. The Morgan fingerprint density at radius 3 is 2.91 bits per heavy atom. The maximum absolute atomic E-state index is 12.2. The lowest BCUT2D eigenvalue weighted by Gasteiger charge is -2.27. The molecular weight excluding hydrogens is 302 g/mol. The summed E-state index contributed by atoms with van der Waals surface area (Å²) < 4.78 is 12.9. The van der Waals surface area contributed by atoms with E-state index in [2.05, 4.69) is 24.1 Å². The van der Waals surface area contributed by atoms with Crippen LogP contribution in [0, 0.1) is 0 Å². The van der Waals surface area contributed by atoms with Gasteiger partial charge in [0.05, 0.1) is 11.5 Å². The maximum atomic E-state index is 12.2. The van der Waals surface area contributed by atoms with Gasteiger partial charge in [0.2, 0.25) is 0 Å². The number of hydrogen-bond acceptors (Lipinski definition) is 5. The van der Waals surface area contributed by atoms with Crippen molar-refractivity contribution in [3.8, 4) is 0 Å². The fourth-order valence-electron chi connectivity index (χ4n) is 2.41. The summed E-state index contributed by atoms with van der Waals surface area (Å²) in [4.78, 5) is 16.2. The summed E-state index contributed by atoms with van der Waals surface area (Å²) in [6.07, 6.45) is 1.57. The Hall–Kier alpha value is -1.05. The highest BCUT2D eigenvalue weighted by Crippen LogP contribution is 2.40. The zero-order valence-electron chi connectivity index (χ0n) is 14.0. The van der Waals surface area contributed by atoms with E-state index >= 15 is 0 Å². The molecule has 2 atom stereocenters. The Bertz CT molecular complexity index is 559. The van der Waals surface area contributed by atoms with Crippen LogP contribution in [-0.2, 0) is 9.47 Å². The number of aromatic nitrogens is 2. The van der Waals surface area contributed by atoms with E-state index in [-0.39, 0.29) is 34.5 Å². The van der Waals surface area contributed by atoms with Crippen LogP contribution in [0.3, 0.4) is 0 Å². The molecule has 6 nitrogen and oxygen atoms in total. The summed E-state index contributed by atoms with van der Waals surface area (Å²) >= 11 is 0. The molecule has 1 aromatic heterocycles. The van der Waals surface area contributed by atoms with Gasteiger partial charge >= 0.3 is 5.69 Å². The molecule has 126 valence electrons. The van der Waals surface area contributed by atoms with Crippen LogP contribution < -0.4 is 11.0 Å². The second-order valence-corrected chi connectivity index (χ2v) is 8.81. The molecule has 1 saturated heterocycles. The van der Waals surface area contributed by atoms with E-state index in [1.807, 2.05) is 19.9 Å². The van der Waals surface area contributed by atoms with E-state index in [9.17, 15) is 4.79 Å². The van der Waals surface area contributed by atoms with Crippen molar-refractivity contribution in [2.75, 3.05) is 29.9 Å². The normalized spacial score (nSPS) is 23.9. The summed E-state index contributed by atoms with van der Waals surface area (Å²) in [6, 6.07) is 2.07. The minimum absolute atomic E-state index is 0.141. The van der Waals surface area contributed by atoms with Crippen LogP contribution >= 0.6 is 10.9 Å². The number of nitrogens with zero attached hydrogens (tertiary/aromatic N) is 2. The Kier molecular flexibility index (Phi) is 5.52. The summed E-state index contributed by atoms with van der Waals surface area (Å²) in [6.45, 7) is 8.20.